The summed E-state index contributed by atoms with van der Waals surface area (Å²) in [6.45, 7) is 0.793. The molecule has 2 heterocycles. The molecule has 0 saturated carbocycles. The van der Waals surface area contributed by atoms with E-state index in [2.05, 4.69) is 14.7 Å². The van der Waals surface area contributed by atoms with Crippen LogP contribution in [0.15, 0.2) is 74.5 Å². The highest BCUT2D eigenvalue weighted by molar-refractivity contribution is 7.90. The lowest BCUT2D eigenvalue weighted by Gasteiger charge is -2.17. The number of carbonyl (C=O) groups is 1. The molecule has 0 spiro atoms. The average Bonchev–Trinajstić information content (AvgIpc) is 3.23. The monoisotopic (exact) mass is 480 g/mol. The first-order valence-electron chi connectivity index (χ1n) is 11.4. The molecule has 34 heavy (non-hydrogen) atoms. The smallest absolute Gasteiger partial charge is 0.284 e. The third-order valence-electron chi connectivity index (χ3n) is 5.65. The van der Waals surface area contributed by atoms with Gasteiger partial charge in [0.25, 0.3) is 10.0 Å². The SMILES string of the molecule is CN1CCCCC/C1=N\S(=O)(=O)c1cccc(NC(=O)CCc2ncc(-c3ccccc3)o2)c1. The van der Waals surface area contributed by atoms with Crippen LogP contribution in [0, 0.1) is 0 Å². The van der Waals surface area contributed by atoms with Gasteiger partial charge in [-0.05, 0) is 31.0 Å². The molecule has 1 saturated heterocycles. The van der Waals surface area contributed by atoms with Gasteiger partial charge in [-0.1, -0.05) is 42.8 Å². The predicted molar refractivity (Wildman–Crippen MR) is 131 cm³/mol. The van der Waals surface area contributed by atoms with E-state index < -0.39 is 10.0 Å². The van der Waals surface area contributed by atoms with Crippen molar-refractivity contribution in [2.75, 3.05) is 18.9 Å². The Morgan fingerprint density at radius 3 is 2.76 bits per heavy atom. The third-order valence-corrected chi connectivity index (χ3v) is 6.95. The normalized spacial score (nSPS) is 15.8. The Hall–Kier alpha value is -3.46. The summed E-state index contributed by atoms with van der Waals surface area (Å²) in [7, 11) is -2.01. The molecule has 1 fully saturated rings. The molecule has 9 heteroatoms. The van der Waals surface area contributed by atoms with Crippen LogP contribution in [-0.4, -0.2) is 43.6 Å². The van der Waals surface area contributed by atoms with E-state index in [0.717, 1.165) is 31.4 Å². The number of likely N-dealkylation sites (tertiary alicyclic amines) is 1. The van der Waals surface area contributed by atoms with Gasteiger partial charge < -0.3 is 14.6 Å². The van der Waals surface area contributed by atoms with E-state index in [4.69, 9.17) is 4.42 Å². The van der Waals surface area contributed by atoms with Gasteiger partial charge >= 0.3 is 0 Å². The van der Waals surface area contributed by atoms with Gasteiger partial charge in [0.1, 0.15) is 5.84 Å². The number of hydrogen-bond acceptors (Lipinski definition) is 5. The highest BCUT2D eigenvalue weighted by Gasteiger charge is 2.19. The van der Waals surface area contributed by atoms with Crippen molar-refractivity contribution in [1.29, 1.82) is 0 Å². The van der Waals surface area contributed by atoms with E-state index >= 15 is 0 Å². The van der Waals surface area contributed by atoms with Crippen molar-refractivity contribution < 1.29 is 17.6 Å². The highest BCUT2D eigenvalue weighted by atomic mass is 32.2. The Kier molecular flexibility index (Phi) is 7.42. The second-order valence-electron chi connectivity index (χ2n) is 8.28. The van der Waals surface area contributed by atoms with Gasteiger partial charge in [-0.2, -0.15) is 8.42 Å². The van der Waals surface area contributed by atoms with E-state index in [0.29, 0.717) is 36.0 Å². The molecule has 1 aromatic heterocycles. The summed E-state index contributed by atoms with van der Waals surface area (Å²) in [5, 5.41) is 2.75. The second kappa shape index (κ2) is 10.6. The van der Waals surface area contributed by atoms with Crippen LogP contribution < -0.4 is 5.32 Å². The van der Waals surface area contributed by atoms with Gasteiger partial charge in [-0.3, -0.25) is 4.79 Å². The van der Waals surface area contributed by atoms with Crippen molar-refractivity contribution >= 4 is 27.5 Å². The van der Waals surface area contributed by atoms with E-state index in [1.54, 1.807) is 18.3 Å². The number of aryl methyl sites for hydroxylation is 1. The standard InChI is InChI=1S/C25H28N4O4S/c1-29-16-7-3-6-13-23(29)28-34(31,32)21-12-8-11-20(17-21)27-24(30)14-15-25-26-18-22(33-25)19-9-4-2-5-10-19/h2,4-5,8-12,17-18H,3,6-7,13-16H2,1H3,(H,27,30)/b28-23+. The minimum Gasteiger partial charge on any atom is -0.441 e. The van der Waals surface area contributed by atoms with Crippen LogP contribution in [-0.2, 0) is 21.2 Å². The Labute approximate surface area is 199 Å². The van der Waals surface area contributed by atoms with Gasteiger partial charge in [0.15, 0.2) is 11.7 Å². The van der Waals surface area contributed by atoms with E-state index in [1.807, 2.05) is 42.3 Å². The minimum absolute atomic E-state index is 0.0515. The zero-order valence-electron chi connectivity index (χ0n) is 19.1. The summed E-state index contributed by atoms with van der Waals surface area (Å²) >= 11 is 0. The fourth-order valence-corrected chi connectivity index (χ4v) is 4.92. The van der Waals surface area contributed by atoms with Gasteiger partial charge in [0, 0.05) is 44.1 Å². The molecule has 3 aromatic rings. The first-order valence-corrected chi connectivity index (χ1v) is 12.8. The lowest BCUT2D eigenvalue weighted by molar-refractivity contribution is -0.116. The first-order chi connectivity index (χ1) is 16.4. The van der Waals surface area contributed by atoms with Gasteiger partial charge in [0.05, 0.1) is 11.1 Å². The van der Waals surface area contributed by atoms with Crippen LogP contribution in [0.5, 0.6) is 0 Å². The number of aromatic nitrogens is 1. The number of nitrogens with zero attached hydrogens (tertiary/aromatic N) is 3. The van der Waals surface area contributed by atoms with Crippen molar-refractivity contribution in [3.8, 4) is 11.3 Å². The molecule has 1 aliphatic rings. The van der Waals surface area contributed by atoms with Gasteiger partial charge in [-0.15, -0.1) is 4.40 Å². The number of sulfonamides is 1. The lowest BCUT2D eigenvalue weighted by Crippen LogP contribution is -2.26. The predicted octanol–water partition coefficient (Wildman–Crippen LogP) is 4.51. The lowest BCUT2D eigenvalue weighted by atomic mass is 10.2. The maximum atomic E-state index is 12.9. The maximum Gasteiger partial charge on any atom is 0.284 e. The quantitative estimate of drug-likeness (QED) is 0.534. The van der Waals surface area contributed by atoms with Crippen LogP contribution in [0.4, 0.5) is 5.69 Å². The number of anilines is 1. The van der Waals surface area contributed by atoms with Crippen molar-refractivity contribution in [3.05, 3.63) is 66.7 Å². The van der Waals surface area contributed by atoms with Crippen molar-refractivity contribution in [3.63, 3.8) is 0 Å². The number of oxazole rings is 1. The number of benzene rings is 2. The zero-order chi connectivity index (χ0) is 24.0. The third kappa shape index (κ3) is 6.11. The second-order valence-corrected chi connectivity index (χ2v) is 9.88. The summed E-state index contributed by atoms with van der Waals surface area (Å²) in [5.41, 5.74) is 1.32. The molecule has 4 rings (SSSR count). The molecule has 1 N–H and O–H groups in total. The highest BCUT2D eigenvalue weighted by Crippen LogP contribution is 2.22. The number of carbonyl (C=O) groups excluding carboxylic acids is 1. The largest absolute Gasteiger partial charge is 0.441 e. The summed E-state index contributed by atoms with van der Waals surface area (Å²) in [6.07, 6.45) is 5.77. The fourth-order valence-electron chi connectivity index (χ4n) is 3.78. The molecule has 178 valence electrons. The fraction of sp³-hybridized carbons (Fsp3) is 0.320. The minimum atomic E-state index is -3.88. The van der Waals surface area contributed by atoms with Gasteiger partial charge in [0.2, 0.25) is 5.91 Å². The molecule has 0 unspecified atom stereocenters. The van der Waals surface area contributed by atoms with Crippen LogP contribution >= 0.6 is 0 Å². The number of amidine groups is 1. The Balaban J connectivity index is 1.38. The Bertz CT molecular complexity index is 1270. The number of nitrogens with one attached hydrogen (secondary N) is 1. The first kappa shape index (κ1) is 23.7. The topological polar surface area (TPSA) is 105 Å². The van der Waals surface area contributed by atoms with Crippen molar-refractivity contribution in [1.82, 2.24) is 9.88 Å². The van der Waals surface area contributed by atoms with Crippen molar-refractivity contribution in [2.45, 2.75) is 43.4 Å². The van der Waals surface area contributed by atoms with Crippen LogP contribution in [0.3, 0.4) is 0 Å². The van der Waals surface area contributed by atoms with E-state index in [9.17, 15) is 13.2 Å². The molecule has 0 bridgehead atoms. The molecular formula is C25H28N4O4S. The van der Waals surface area contributed by atoms with Crippen molar-refractivity contribution in [2.24, 2.45) is 4.40 Å². The van der Waals surface area contributed by atoms with Crippen LogP contribution in [0.1, 0.15) is 38.0 Å². The Morgan fingerprint density at radius 2 is 1.94 bits per heavy atom. The molecular weight excluding hydrogens is 452 g/mol. The molecule has 0 atom stereocenters. The zero-order valence-corrected chi connectivity index (χ0v) is 19.9. The molecule has 1 aliphatic heterocycles. The molecule has 1 amide bonds. The molecule has 8 nitrogen and oxygen atoms in total. The number of rotatable bonds is 7. The summed E-state index contributed by atoms with van der Waals surface area (Å²) in [5.74, 6) is 1.43. The summed E-state index contributed by atoms with van der Waals surface area (Å²) < 4.78 is 35.6. The average molecular weight is 481 g/mol. The van der Waals surface area contributed by atoms with E-state index in [1.165, 1.54) is 12.1 Å². The van der Waals surface area contributed by atoms with E-state index in [-0.39, 0.29) is 17.2 Å². The Morgan fingerprint density at radius 1 is 1.12 bits per heavy atom. The number of amides is 1. The van der Waals surface area contributed by atoms with Crippen LogP contribution in [0.2, 0.25) is 0 Å². The molecule has 0 aliphatic carbocycles. The van der Waals surface area contributed by atoms with Gasteiger partial charge in [-0.25, -0.2) is 4.98 Å². The van der Waals surface area contributed by atoms with Crippen LogP contribution in [0.25, 0.3) is 11.3 Å². The molecule has 2 aromatic carbocycles. The summed E-state index contributed by atoms with van der Waals surface area (Å²) in [6, 6.07) is 15.8. The number of hydrogen-bond donors (Lipinski definition) is 1. The molecule has 0 radical (unpaired) electrons. The maximum absolute atomic E-state index is 12.9. The summed E-state index contributed by atoms with van der Waals surface area (Å²) in [4.78, 5) is 18.7.